The predicted octanol–water partition coefficient (Wildman–Crippen LogP) is 3.14. The van der Waals surface area contributed by atoms with E-state index in [0.29, 0.717) is 17.7 Å². The van der Waals surface area contributed by atoms with Gasteiger partial charge in [0, 0.05) is 24.8 Å². The van der Waals surface area contributed by atoms with E-state index < -0.39 is 0 Å². The average molecular weight is 292 g/mol. The quantitative estimate of drug-likeness (QED) is 0.836. The van der Waals surface area contributed by atoms with Crippen LogP contribution in [0.4, 0.5) is 5.69 Å². The molecule has 0 aromatic heterocycles. The fraction of sp³-hybridized carbons (Fsp3) is 0.562. The molecule has 2 rings (SSSR count). The van der Waals surface area contributed by atoms with Gasteiger partial charge in [0.2, 0.25) is 5.91 Å². The molecule has 1 amide bonds. The summed E-state index contributed by atoms with van der Waals surface area (Å²) in [6.45, 7) is 6.05. The highest BCUT2D eigenvalue weighted by Crippen LogP contribution is 2.20. The van der Waals surface area contributed by atoms with Crippen molar-refractivity contribution in [3.63, 3.8) is 0 Å². The van der Waals surface area contributed by atoms with Crippen LogP contribution in [-0.4, -0.2) is 35.7 Å². The summed E-state index contributed by atoms with van der Waals surface area (Å²) in [5.41, 5.74) is 2.49. The number of carbonyl (C=O) groups excluding carboxylic acids is 1. The maximum Gasteiger partial charge on any atom is 0.232 e. The minimum Gasteiger partial charge on any atom is -0.381 e. The Labute approximate surface area is 127 Å². The molecule has 1 saturated heterocycles. The summed E-state index contributed by atoms with van der Waals surface area (Å²) in [6, 6.07) is 8.96. The number of likely N-dealkylation sites (tertiary alicyclic amines) is 1. The van der Waals surface area contributed by atoms with Crippen molar-refractivity contribution in [2.24, 2.45) is 0 Å². The van der Waals surface area contributed by atoms with Gasteiger partial charge in [-0.25, -0.2) is 0 Å². The topological polar surface area (TPSA) is 32.3 Å². The van der Waals surface area contributed by atoms with Crippen LogP contribution in [0.1, 0.15) is 38.2 Å². The molecular weight excluding hydrogens is 268 g/mol. The molecule has 0 aliphatic carbocycles. The first-order chi connectivity index (χ1) is 9.60. The molecule has 1 aliphatic heterocycles. The molecule has 1 fully saturated rings. The summed E-state index contributed by atoms with van der Waals surface area (Å²) in [5, 5.41) is 3.54. The van der Waals surface area contributed by atoms with Gasteiger partial charge in [-0.1, -0.05) is 26.0 Å². The van der Waals surface area contributed by atoms with E-state index >= 15 is 0 Å². The monoisotopic (exact) mass is 292 g/mol. The van der Waals surface area contributed by atoms with Crippen molar-refractivity contribution in [1.29, 1.82) is 0 Å². The van der Waals surface area contributed by atoms with Gasteiger partial charge in [-0.2, -0.15) is 12.6 Å². The lowest BCUT2D eigenvalue weighted by molar-refractivity contribution is -0.129. The van der Waals surface area contributed by atoms with E-state index in [-0.39, 0.29) is 5.91 Å². The Morgan fingerprint density at radius 3 is 2.70 bits per heavy atom. The third-order valence-electron chi connectivity index (χ3n) is 3.86. The van der Waals surface area contributed by atoms with Crippen LogP contribution in [0, 0.1) is 0 Å². The maximum absolute atomic E-state index is 11.7. The SMILES string of the molecule is CC(C)c1ccc(NC2CCCN(C(=O)CS)C2)cc1. The van der Waals surface area contributed by atoms with Crippen molar-refractivity contribution in [2.75, 3.05) is 24.2 Å². The van der Waals surface area contributed by atoms with Gasteiger partial charge in [0.05, 0.1) is 5.75 Å². The third-order valence-corrected chi connectivity index (χ3v) is 4.13. The van der Waals surface area contributed by atoms with Crippen LogP contribution in [0.2, 0.25) is 0 Å². The standard InChI is InChI=1S/C16H24N2OS/c1-12(2)13-5-7-14(8-6-13)17-15-4-3-9-18(10-15)16(19)11-20/h5-8,12,15,17,20H,3-4,9-11H2,1-2H3. The number of carbonyl (C=O) groups is 1. The van der Waals surface area contributed by atoms with E-state index in [9.17, 15) is 4.79 Å². The van der Waals surface area contributed by atoms with Gasteiger partial charge in [0.15, 0.2) is 0 Å². The molecule has 3 nitrogen and oxygen atoms in total. The maximum atomic E-state index is 11.7. The molecule has 110 valence electrons. The normalized spacial score (nSPS) is 19.2. The number of hydrogen-bond donors (Lipinski definition) is 2. The smallest absolute Gasteiger partial charge is 0.232 e. The van der Waals surface area contributed by atoms with Crippen LogP contribution in [0.3, 0.4) is 0 Å². The summed E-state index contributed by atoms with van der Waals surface area (Å²) in [5.74, 6) is 0.993. The molecule has 1 aromatic rings. The van der Waals surface area contributed by atoms with Gasteiger partial charge < -0.3 is 10.2 Å². The van der Waals surface area contributed by atoms with Crippen molar-refractivity contribution in [2.45, 2.75) is 38.6 Å². The van der Waals surface area contributed by atoms with Crippen LogP contribution in [0.25, 0.3) is 0 Å². The zero-order chi connectivity index (χ0) is 14.5. The zero-order valence-corrected chi connectivity index (χ0v) is 13.2. The van der Waals surface area contributed by atoms with E-state index in [0.717, 1.165) is 31.6 Å². The Morgan fingerprint density at radius 2 is 2.10 bits per heavy atom. The highest BCUT2D eigenvalue weighted by atomic mass is 32.1. The summed E-state index contributed by atoms with van der Waals surface area (Å²) in [4.78, 5) is 13.6. The van der Waals surface area contributed by atoms with Gasteiger partial charge in [0.25, 0.3) is 0 Å². The van der Waals surface area contributed by atoms with Crippen LogP contribution in [0.5, 0.6) is 0 Å². The van der Waals surface area contributed by atoms with E-state index in [4.69, 9.17) is 0 Å². The summed E-state index contributed by atoms with van der Waals surface area (Å²) < 4.78 is 0. The molecule has 20 heavy (non-hydrogen) atoms. The van der Waals surface area contributed by atoms with Crippen molar-refractivity contribution in [1.82, 2.24) is 4.90 Å². The van der Waals surface area contributed by atoms with Crippen molar-refractivity contribution >= 4 is 24.2 Å². The molecule has 1 unspecified atom stereocenters. The highest BCUT2D eigenvalue weighted by Gasteiger charge is 2.22. The number of nitrogens with one attached hydrogen (secondary N) is 1. The van der Waals surface area contributed by atoms with Crippen LogP contribution in [0.15, 0.2) is 24.3 Å². The van der Waals surface area contributed by atoms with E-state index in [2.05, 4.69) is 56.1 Å². The Hall–Kier alpha value is -1.16. The molecule has 4 heteroatoms. The van der Waals surface area contributed by atoms with Crippen LogP contribution in [-0.2, 0) is 4.79 Å². The predicted molar refractivity (Wildman–Crippen MR) is 87.6 cm³/mol. The number of piperidine rings is 1. The highest BCUT2D eigenvalue weighted by molar-refractivity contribution is 7.81. The fourth-order valence-electron chi connectivity index (χ4n) is 2.62. The lowest BCUT2D eigenvalue weighted by Gasteiger charge is -2.33. The Bertz CT molecular complexity index is 444. The summed E-state index contributed by atoms with van der Waals surface area (Å²) >= 11 is 4.07. The minimum absolute atomic E-state index is 0.134. The van der Waals surface area contributed by atoms with E-state index in [1.54, 1.807) is 0 Å². The first kappa shape index (κ1) is 15.2. The molecule has 0 radical (unpaired) electrons. The number of nitrogens with zero attached hydrogens (tertiary/aromatic N) is 1. The third kappa shape index (κ3) is 3.92. The molecule has 0 saturated carbocycles. The van der Waals surface area contributed by atoms with Gasteiger partial charge in [-0.05, 0) is 36.5 Å². The second kappa shape index (κ2) is 7.02. The number of thiol groups is 1. The minimum atomic E-state index is 0.134. The van der Waals surface area contributed by atoms with Crippen LogP contribution >= 0.6 is 12.6 Å². The molecular formula is C16H24N2OS. The number of benzene rings is 1. The lowest BCUT2D eigenvalue weighted by atomic mass is 10.0. The number of anilines is 1. The van der Waals surface area contributed by atoms with Crippen molar-refractivity contribution in [3.8, 4) is 0 Å². The van der Waals surface area contributed by atoms with Gasteiger partial charge in [-0.15, -0.1) is 0 Å². The Kier molecular flexibility index (Phi) is 5.35. The number of hydrogen-bond acceptors (Lipinski definition) is 3. The van der Waals surface area contributed by atoms with Gasteiger partial charge in [-0.3, -0.25) is 4.79 Å². The Morgan fingerprint density at radius 1 is 1.40 bits per heavy atom. The summed E-state index contributed by atoms with van der Waals surface area (Å²) in [6.07, 6.45) is 2.17. The molecule has 1 atom stereocenters. The molecule has 1 aliphatic rings. The number of amides is 1. The van der Waals surface area contributed by atoms with Crippen molar-refractivity contribution < 1.29 is 4.79 Å². The second-order valence-corrected chi connectivity index (χ2v) is 6.07. The first-order valence-electron chi connectivity index (χ1n) is 7.35. The largest absolute Gasteiger partial charge is 0.381 e. The Balaban J connectivity index is 1.94. The molecule has 1 heterocycles. The molecule has 1 N–H and O–H groups in total. The van der Waals surface area contributed by atoms with Crippen LogP contribution < -0.4 is 5.32 Å². The molecule has 0 bridgehead atoms. The average Bonchev–Trinajstić information content (AvgIpc) is 2.47. The van der Waals surface area contributed by atoms with Gasteiger partial charge in [0.1, 0.15) is 0 Å². The molecule has 0 spiro atoms. The van der Waals surface area contributed by atoms with E-state index in [1.807, 2.05) is 4.90 Å². The summed E-state index contributed by atoms with van der Waals surface area (Å²) in [7, 11) is 0. The molecule has 1 aromatic carbocycles. The van der Waals surface area contributed by atoms with E-state index in [1.165, 1.54) is 5.56 Å². The zero-order valence-electron chi connectivity index (χ0n) is 12.3. The lowest BCUT2D eigenvalue weighted by Crippen LogP contribution is -2.45. The number of rotatable bonds is 4. The first-order valence-corrected chi connectivity index (χ1v) is 7.98. The van der Waals surface area contributed by atoms with Crippen molar-refractivity contribution in [3.05, 3.63) is 29.8 Å². The van der Waals surface area contributed by atoms with Gasteiger partial charge >= 0.3 is 0 Å². The fourth-order valence-corrected chi connectivity index (χ4v) is 2.82. The second-order valence-electron chi connectivity index (χ2n) is 5.76.